The maximum absolute atomic E-state index is 14.0. The summed E-state index contributed by atoms with van der Waals surface area (Å²) in [4.78, 5) is 8.82. The molecule has 0 bridgehead atoms. The van der Waals surface area contributed by atoms with Gasteiger partial charge in [0.2, 0.25) is 0 Å². The molecule has 1 aromatic heterocycles. The molecule has 0 spiro atoms. The fourth-order valence-corrected chi connectivity index (χ4v) is 5.82. The van der Waals surface area contributed by atoms with Gasteiger partial charge in [0.15, 0.2) is 0 Å². The highest BCUT2D eigenvalue weighted by molar-refractivity contribution is 7.95. The van der Waals surface area contributed by atoms with Gasteiger partial charge in [-0.3, -0.25) is 0 Å². The fraction of sp³-hybridized carbons (Fsp3) is 0.417. The highest BCUT2D eigenvalue weighted by atomic mass is 32.2. The first kappa shape index (κ1) is 22.0. The molecule has 2 N–H and O–H groups in total. The average Bonchev–Trinajstić information content (AvgIpc) is 2.76. The van der Waals surface area contributed by atoms with Crippen molar-refractivity contribution >= 4 is 37.8 Å². The Morgan fingerprint density at radius 2 is 1.94 bits per heavy atom. The topological polar surface area (TPSA) is 96.7 Å². The van der Waals surface area contributed by atoms with Crippen LogP contribution in [0.4, 0.5) is 21.6 Å². The third-order valence-electron chi connectivity index (χ3n) is 6.25. The van der Waals surface area contributed by atoms with E-state index in [0.717, 1.165) is 30.2 Å². The first-order valence-corrected chi connectivity index (χ1v) is 13.1. The number of hydrogen-bond acceptors (Lipinski definition) is 7. The number of ether oxygens (including phenoxy) is 1. The summed E-state index contributed by atoms with van der Waals surface area (Å²) in [6.45, 7) is 1.94. The maximum Gasteiger partial charge on any atom is 0.146 e. The molecule has 2 heterocycles. The predicted octanol–water partition coefficient (Wildman–Crippen LogP) is 5.01. The summed E-state index contributed by atoms with van der Waals surface area (Å²) in [7, 11) is -2.12. The molecule has 0 amide bonds. The Labute approximate surface area is 192 Å². The van der Waals surface area contributed by atoms with Crippen molar-refractivity contribution in [1.29, 1.82) is 0 Å². The number of halogens is 1. The Bertz CT molecular complexity index is 1300. The Hall–Kier alpha value is -2.78. The van der Waals surface area contributed by atoms with E-state index in [-0.39, 0.29) is 18.0 Å². The molecule has 7 nitrogen and oxygen atoms in total. The lowest BCUT2D eigenvalue weighted by Crippen LogP contribution is -2.26. The molecule has 1 aliphatic heterocycles. The number of rotatable bonds is 5. The first-order chi connectivity index (χ1) is 15.9. The second-order valence-corrected chi connectivity index (χ2v) is 11.4. The minimum Gasteiger partial charge on any atom is -0.488 e. The van der Waals surface area contributed by atoms with Crippen molar-refractivity contribution in [3.05, 3.63) is 48.0 Å². The molecule has 1 saturated carbocycles. The van der Waals surface area contributed by atoms with Crippen molar-refractivity contribution in [2.24, 2.45) is 4.36 Å². The second kappa shape index (κ2) is 8.87. The van der Waals surface area contributed by atoms with E-state index in [1.165, 1.54) is 18.5 Å². The third kappa shape index (κ3) is 4.79. The summed E-state index contributed by atoms with van der Waals surface area (Å²) in [5.74, 6) is 1.90. The lowest BCUT2D eigenvalue weighted by atomic mass is 9.95. The molecule has 1 aliphatic carbocycles. The van der Waals surface area contributed by atoms with Crippen molar-refractivity contribution in [3.8, 4) is 5.75 Å². The summed E-state index contributed by atoms with van der Waals surface area (Å²) < 4.78 is 37.2. The predicted molar refractivity (Wildman–Crippen MR) is 127 cm³/mol. The van der Waals surface area contributed by atoms with Crippen LogP contribution in [0.5, 0.6) is 5.75 Å². The summed E-state index contributed by atoms with van der Waals surface area (Å²) >= 11 is 0. The SMILES string of the molecule is Cc1cc(N=S2(=O)CCC2)cc2ncnc(Nc3ccc(F)cc3O[C@H]3CC[C@H](O)CC3)c12. The Morgan fingerprint density at radius 3 is 2.67 bits per heavy atom. The number of nitrogens with one attached hydrogen (secondary N) is 1. The molecular weight excluding hydrogens is 443 g/mol. The van der Waals surface area contributed by atoms with Gasteiger partial charge in [-0.1, -0.05) is 0 Å². The van der Waals surface area contributed by atoms with E-state index in [0.29, 0.717) is 52.8 Å². The van der Waals surface area contributed by atoms with Crippen LogP contribution in [0, 0.1) is 12.7 Å². The molecule has 2 fully saturated rings. The van der Waals surface area contributed by atoms with Gasteiger partial charge in [0.1, 0.15) is 23.7 Å². The van der Waals surface area contributed by atoms with Crippen molar-refractivity contribution in [2.45, 2.75) is 51.2 Å². The highest BCUT2D eigenvalue weighted by Gasteiger charge is 2.23. The summed E-state index contributed by atoms with van der Waals surface area (Å²) in [5, 5.41) is 13.9. The molecule has 5 rings (SSSR count). The number of aliphatic hydroxyl groups excluding tert-OH is 1. The van der Waals surface area contributed by atoms with Crippen LogP contribution in [-0.4, -0.2) is 43.0 Å². The van der Waals surface area contributed by atoms with Crippen LogP contribution in [0.3, 0.4) is 0 Å². The smallest absolute Gasteiger partial charge is 0.146 e. The van der Waals surface area contributed by atoms with Gasteiger partial charge in [-0.2, -0.15) is 4.36 Å². The van der Waals surface area contributed by atoms with Gasteiger partial charge in [0.25, 0.3) is 0 Å². The van der Waals surface area contributed by atoms with E-state index in [1.807, 2.05) is 19.1 Å². The van der Waals surface area contributed by atoms with Gasteiger partial charge >= 0.3 is 0 Å². The van der Waals surface area contributed by atoms with E-state index in [9.17, 15) is 13.7 Å². The van der Waals surface area contributed by atoms with Gasteiger partial charge in [-0.25, -0.2) is 18.6 Å². The summed E-state index contributed by atoms with van der Waals surface area (Å²) in [5.41, 5.74) is 2.87. The molecule has 9 heteroatoms. The van der Waals surface area contributed by atoms with Crippen molar-refractivity contribution in [1.82, 2.24) is 9.97 Å². The third-order valence-corrected chi connectivity index (χ3v) is 8.65. The standard InChI is InChI=1S/C24H27FN4O3S/c1-15-11-17(29-33(31)9-2-10-33)13-21-23(15)24(27-14-26-21)28-20-8-3-16(25)12-22(20)32-19-6-4-18(30)5-7-19/h3,8,11-14,18-19,30H,2,4-7,9-10H2,1H3,(H,26,27,28)/t18-,19-. The summed E-state index contributed by atoms with van der Waals surface area (Å²) in [6, 6.07) is 8.11. The highest BCUT2D eigenvalue weighted by Crippen LogP contribution is 2.35. The number of benzene rings is 2. The number of aliphatic hydroxyl groups is 1. The maximum atomic E-state index is 14.0. The van der Waals surface area contributed by atoms with E-state index in [4.69, 9.17) is 4.74 Å². The lowest BCUT2D eigenvalue weighted by molar-refractivity contribution is 0.0668. The molecule has 1 saturated heterocycles. The Balaban J connectivity index is 1.47. The van der Waals surface area contributed by atoms with Crippen LogP contribution in [0.1, 0.15) is 37.7 Å². The van der Waals surface area contributed by atoms with E-state index in [2.05, 4.69) is 19.6 Å². The molecule has 0 radical (unpaired) electrons. The second-order valence-electron chi connectivity index (χ2n) is 8.82. The van der Waals surface area contributed by atoms with Crippen molar-refractivity contribution in [2.75, 3.05) is 16.8 Å². The molecule has 174 valence electrons. The number of anilines is 2. The van der Waals surface area contributed by atoms with Gasteiger partial charge in [-0.05, 0) is 68.9 Å². The number of aromatic nitrogens is 2. The average molecular weight is 471 g/mol. The zero-order valence-corrected chi connectivity index (χ0v) is 19.3. The quantitative estimate of drug-likeness (QED) is 0.544. The van der Waals surface area contributed by atoms with Crippen LogP contribution in [0.2, 0.25) is 0 Å². The van der Waals surface area contributed by atoms with Crippen LogP contribution in [0.25, 0.3) is 10.9 Å². The van der Waals surface area contributed by atoms with Crippen LogP contribution in [0.15, 0.2) is 41.0 Å². The number of hydrogen-bond donors (Lipinski definition) is 2. The minimum atomic E-state index is -2.12. The largest absolute Gasteiger partial charge is 0.488 e. The molecule has 2 aromatic carbocycles. The monoisotopic (exact) mass is 470 g/mol. The van der Waals surface area contributed by atoms with Crippen LogP contribution in [-0.2, 0) is 9.73 Å². The van der Waals surface area contributed by atoms with Gasteiger partial charge in [-0.15, -0.1) is 0 Å². The number of aryl methyl sites for hydroxylation is 1. The lowest BCUT2D eigenvalue weighted by Gasteiger charge is -2.27. The first-order valence-electron chi connectivity index (χ1n) is 11.3. The molecule has 2 aliphatic rings. The van der Waals surface area contributed by atoms with Crippen LogP contribution >= 0.6 is 0 Å². The van der Waals surface area contributed by atoms with Gasteiger partial charge < -0.3 is 15.2 Å². The van der Waals surface area contributed by atoms with E-state index < -0.39 is 9.73 Å². The van der Waals surface area contributed by atoms with Crippen LogP contribution < -0.4 is 10.1 Å². The zero-order chi connectivity index (χ0) is 23.0. The van der Waals surface area contributed by atoms with E-state index in [1.54, 1.807) is 6.07 Å². The normalized spacial score (nSPS) is 21.9. The van der Waals surface area contributed by atoms with Crippen molar-refractivity contribution < 1.29 is 18.4 Å². The Morgan fingerprint density at radius 1 is 1.15 bits per heavy atom. The molecule has 0 atom stereocenters. The molecule has 33 heavy (non-hydrogen) atoms. The molecular formula is C24H27FN4O3S. The Kier molecular flexibility index (Phi) is 5.92. The fourth-order valence-electron chi connectivity index (χ4n) is 4.36. The number of nitrogens with zero attached hydrogens (tertiary/aromatic N) is 3. The molecule has 0 unspecified atom stereocenters. The number of fused-ring (bicyclic) bond motifs is 1. The summed E-state index contributed by atoms with van der Waals surface area (Å²) in [6.07, 6.45) is 4.86. The van der Waals surface area contributed by atoms with E-state index >= 15 is 0 Å². The van der Waals surface area contributed by atoms with Gasteiger partial charge in [0, 0.05) is 23.0 Å². The minimum absolute atomic E-state index is 0.0720. The molecule has 3 aromatic rings. The zero-order valence-electron chi connectivity index (χ0n) is 18.5. The van der Waals surface area contributed by atoms with Gasteiger partial charge in [0.05, 0.1) is 38.8 Å². The van der Waals surface area contributed by atoms with Crippen molar-refractivity contribution in [3.63, 3.8) is 0 Å².